The molecule has 6 nitrogen and oxygen atoms in total. The van der Waals surface area contributed by atoms with Crippen LogP contribution < -0.4 is 5.32 Å². The molecule has 0 spiro atoms. The van der Waals surface area contributed by atoms with Crippen LogP contribution in [0.15, 0.2) is 22.7 Å². The van der Waals surface area contributed by atoms with E-state index in [1.165, 1.54) is 0 Å². The quantitative estimate of drug-likeness (QED) is 0.914. The minimum Gasteiger partial charge on any atom is -0.464 e. The van der Waals surface area contributed by atoms with Gasteiger partial charge in [-0.15, -0.1) is 0 Å². The Kier molecular flexibility index (Phi) is 4.76. The topological polar surface area (TPSA) is 63.3 Å². The number of aromatic nitrogens is 2. The van der Waals surface area contributed by atoms with Crippen LogP contribution >= 0.6 is 0 Å². The number of nitrogens with one attached hydrogen (secondary N) is 1. The van der Waals surface area contributed by atoms with Gasteiger partial charge in [0.2, 0.25) is 0 Å². The van der Waals surface area contributed by atoms with Crippen LogP contribution in [0.4, 0.5) is 0 Å². The third-order valence-electron chi connectivity index (χ3n) is 4.58. The molecule has 24 heavy (non-hydrogen) atoms. The van der Waals surface area contributed by atoms with Crippen molar-refractivity contribution >= 4 is 5.91 Å². The van der Waals surface area contributed by atoms with E-state index in [1.54, 1.807) is 6.20 Å². The first-order valence-electron chi connectivity index (χ1n) is 8.50. The van der Waals surface area contributed by atoms with Gasteiger partial charge in [-0.05, 0) is 58.8 Å². The van der Waals surface area contributed by atoms with Crippen molar-refractivity contribution in [3.63, 3.8) is 0 Å². The second-order valence-electron chi connectivity index (χ2n) is 6.99. The summed E-state index contributed by atoms with van der Waals surface area (Å²) in [6, 6.07) is 3.65. The van der Waals surface area contributed by atoms with Gasteiger partial charge in [0.1, 0.15) is 11.5 Å². The van der Waals surface area contributed by atoms with Crippen molar-refractivity contribution in [1.82, 2.24) is 20.0 Å². The average molecular weight is 330 g/mol. The van der Waals surface area contributed by atoms with Crippen LogP contribution in [-0.4, -0.2) is 41.2 Å². The van der Waals surface area contributed by atoms with E-state index >= 15 is 0 Å². The van der Waals surface area contributed by atoms with Gasteiger partial charge in [-0.1, -0.05) is 0 Å². The van der Waals surface area contributed by atoms with Gasteiger partial charge < -0.3 is 14.6 Å². The fourth-order valence-corrected chi connectivity index (χ4v) is 3.39. The van der Waals surface area contributed by atoms with Crippen LogP contribution in [0.1, 0.15) is 47.0 Å². The zero-order valence-electron chi connectivity index (χ0n) is 14.9. The van der Waals surface area contributed by atoms with Gasteiger partial charge in [0.25, 0.3) is 5.91 Å². The number of fused-ring (bicyclic) bond motifs is 1. The van der Waals surface area contributed by atoms with Gasteiger partial charge in [-0.25, -0.2) is 0 Å². The van der Waals surface area contributed by atoms with Gasteiger partial charge in [-0.3, -0.25) is 9.48 Å². The molecule has 2 aromatic heterocycles. The fraction of sp³-hybridized carbons (Fsp3) is 0.556. The Labute approximate surface area is 142 Å². The average Bonchev–Trinajstić information content (AvgIpc) is 3.12. The number of furan rings is 1. The third-order valence-corrected chi connectivity index (χ3v) is 4.58. The predicted octanol–water partition coefficient (Wildman–Crippen LogP) is 2.40. The summed E-state index contributed by atoms with van der Waals surface area (Å²) < 4.78 is 7.57. The monoisotopic (exact) mass is 330 g/mol. The molecule has 1 N–H and O–H groups in total. The minimum absolute atomic E-state index is 0.0803. The summed E-state index contributed by atoms with van der Waals surface area (Å²) in [5, 5.41) is 7.42. The zero-order valence-corrected chi connectivity index (χ0v) is 14.9. The summed E-state index contributed by atoms with van der Waals surface area (Å²) >= 11 is 0. The molecule has 0 aliphatic carbocycles. The van der Waals surface area contributed by atoms with Crippen molar-refractivity contribution < 1.29 is 9.21 Å². The highest BCUT2D eigenvalue weighted by atomic mass is 16.3. The van der Waals surface area contributed by atoms with Crippen LogP contribution in [0, 0.1) is 12.8 Å². The van der Waals surface area contributed by atoms with Crippen LogP contribution in [0.5, 0.6) is 0 Å². The molecule has 130 valence electrons. The van der Waals surface area contributed by atoms with E-state index < -0.39 is 0 Å². The zero-order chi connectivity index (χ0) is 17.3. The van der Waals surface area contributed by atoms with Crippen molar-refractivity contribution in [1.29, 1.82) is 0 Å². The van der Waals surface area contributed by atoms with E-state index in [-0.39, 0.29) is 11.9 Å². The predicted molar refractivity (Wildman–Crippen MR) is 91.9 cm³/mol. The van der Waals surface area contributed by atoms with Gasteiger partial charge in [0.15, 0.2) is 0 Å². The van der Waals surface area contributed by atoms with E-state index in [1.807, 2.05) is 30.7 Å². The SMILES string of the molecule is Cc1ccc([C@H](C)NC(=O)c2cnn3c2C[C@H](CN(C)C)CC3)o1. The summed E-state index contributed by atoms with van der Waals surface area (Å²) in [5.41, 5.74) is 1.74. The second-order valence-corrected chi connectivity index (χ2v) is 6.99. The summed E-state index contributed by atoms with van der Waals surface area (Å²) in [6.45, 7) is 5.75. The first-order valence-corrected chi connectivity index (χ1v) is 8.50. The number of carbonyl (C=O) groups excluding carboxylic acids is 1. The standard InChI is InChI=1S/C18H26N4O2/c1-12-5-6-17(24-12)13(2)20-18(23)15-10-19-22-8-7-14(9-16(15)22)11-21(3)4/h5-6,10,13-14H,7-9,11H2,1-4H3,(H,20,23)/t13-,14+/m0/s1. The van der Waals surface area contributed by atoms with Crippen molar-refractivity contribution in [3.8, 4) is 0 Å². The third kappa shape index (κ3) is 3.53. The molecular formula is C18H26N4O2. The first kappa shape index (κ1) is 16.8. The molecule has 0 aromatic carbocycles. The van der Waals surface area contributed by atoms with Crippen LogP contribution in [-0.2, 0) is 13.0 Å². The number of nitrogens with zero attached hydrogens (tertiary/aromatic N) is 3. The van der Waals surface area contributed by atoms with E-state index in [4.69, 9.17) is 4.42 Å². The molecule has 0 saturated carbocycles. The van der Waals surface area contributed by atoms with E-state index in [0.717, 1.165) is 43.1 Å². The molecule has 2 aromatic rings. The largest absolute Gasteiger partial charge is 0.464 e. The molecule has 6 heteroatoms. The number of aryl methyl sites for hydroxylation is 2. The number of rotatable bonds is 5. The highest BCUT2D eigenvalue weighted by Gasteiger charge is 2.26. The van der Waals surface area contributed by atoms with Gasteiger partial charge in [0.05, 0.1) is 23.5 Å². The molecule has 0 radical (unpaired) electrons. The first-order chi connectivity index (χ1) is 11.4. The maximum Gasteiger partial charge on any atom is 0.255 e. The molecule has 3 heterocycles. The summed E-state index contributed by atoms with van der Waals surface area (Å²) in [4.78, 5) is 14.9. The fourth-order valence-electron chi connectivity index (χ4n) is 3.39. The Hall–Kier alpha value is -2.08. The second kappa shape index (κ2) is 6.81. The lowest BCUT2D eigenvalue weighted by Crippen LogP contribution is -2.31. The highest BCUT2D eigenvalue weighted by molar-refractivity contribution is 5.95. The lowest BCUT2D eigenvalue weighted by molar-refractivity contribution is 0.0933. The van der Waals surface area contributed by atoms with E-state index in [0.29, 0.717) is 11.5 Å². The van der Waals surface area contributed by atoms with Crippen molar-refractivity contribution in [2.45, 2.75) is 39.3 Å². The van der Waals surface area contributed by atoms with Gasteiger partial charge in [0, 0.05) is 13.1 Å². The molecule has 2 atom stereocenters. The maximum atomic E-state index is 12.7. The number of hydrogen-bond acceptors (Lipinski definition) is 4. The highest BCUT2D eigenvalue weighted by Crippen LogP contribution is 2.24. The van der Waals surface area contributed by atoms with Gasteiger partial charge >= 0.3 is 0 Å². The Balaban J connectivity index is 1.71. The summed E-state index contributed by atoms with van der Waals surface area (Å²) in [7, 11) is 4.18. The van der Waals surface area contributed by atoms with Gasteiger partial charge in [-0.2, -0.15) is 5.10 Å². The maximum absolute atomic E-state index is 12.7. The lowest BCUT2D eigenvalue weighted by Gasteiger charge is -2.26. The Morgan fingerprint density at radius 2 is 2.29 bits per heavy atom. The molecule has 0 unspecified atom stereocenters. The number of hydrogen-bond donors (Lipinski definition) is 1. The molecule has 3 rings (SSSR count). The molecular weight excluding hydrogens is 304 g/mol. The molecule has 0 saturated heterocycles. The molecule has 1 aliphatic rings. The van der Waals surface area contributed by atoms with Crippen LogP contribution in [0.3, 0.4) is 0 Å². The number of carbonyl (C=O) groups is 1. The van der Waals surface area contributed by atoms with E-state index in [9.17, 15) is 4.79 Å². The Morgan fingerprint density at radius 3 is 2.96 bits per heavy atom. The van der Waals surface area contributed by atoms with Crippen molar-refractivity contribution in [3.05, 3.63) is 41.1 Å². The summed E-state index contributed by atoms with van der Waals surface area (Å²) in [5.74, 6) is 2.11. The van der Waals surface area contributed by atoms with Crippen LogP contribution in [0.25, 0.3) is 0 Å². The smallest absolute Gasteiger partial charge is 0.255 e. The normalized spacial score (nSPS) is 18.5. The van der Waals surface area contributed by atoms with Crippen molar-refractivity contribution in [2.24, 2.45) is 5.92 Å². The molecule has 0 bridgehead atoms. The van der Waals surface area contributed by atoms with Crippen molar-refractivity contribution in [2.75, 3.05) is 20.6 Å². The van der Waals surface area contributed by atoms with E-state index in [2.05, 4.69) is 29.4 Å². The lowest BCUT2D eigenvalue weighted by atomic mass is 9.94. The Bertz CT molecular complexity index is 716. The Morgan fingerprint density at radius 1 is 1.50 bits per heavy atom. The molecule has 1 amide bonds. The number of amides is 1. The van der Waals surface area contributed by atoms with Crippen LogP contribution in [0.2, 0.25) is 0 Å². The molecule has 0 fully saturated rings. The minimum atomic E-state index is -0.164. The summed E-state index contributed by atoms with van der Waals surface area (Å²) in [6.07, 6.45) is 3.70. The molecule has 1 aliphatic heterocycles.